The molecule has 0 aromatic rings. The molecule has 0 aliphatic carbocycles. The van der Waals surface area contributed by atoms with Gasteiger partial charge in [0.15, 0.2) is 0 Å². The topological polar surface area (TPSA) is 95.9 Å². The van der Waals surface area contributed by atoms with Crippen molar-refractivity contribution in [1.29, 1.82) is 0 Å². The van der Waals surface area contributed by atoms with Gasteiger partial charge in [0.1, 0.15) is 0 Å². The van der Waals surface area contributed by atoms with Crippen LogP contribution >= 0.6 is 0 Å². The van der Waals surface area contributed by atoms with Gasteiger partial charge in [-0.15, -0.1) is 0 Å². The van der Waals surface area contributed by atoms with Crippen LogP contribution in [0.25, 0.3) is 0 Å². The van der Waals surface area contributed by atoms with E-state index in [1.807, 2.05) is 6.08 Å². The summed E-state index contributed by atoms with van der Waals surface area (Å²) in [5, 5.41) is 23.1. The zero-order valence-electron chi connectivity index (χ0n) is 52.7. The third-order valence-corrected chi connectivity index (χ3v) is 16.4. The summed E-state index contributed by atoms with van der Waals surface area (Å²) in [6, 6.07) is -0.624. The zero-order valence-corrected chi connectivity index (χ0v) is 52.7. The second kappa shape index (κ2) is 67.6. The summed E-state index contributed by atoms with van der Waals surface area (Å²) < 4.78 is 5.48. The van der Waals surface area contributed by atoms with E-state index in [4.69, 9.17) is 4.74 Å². The van der Waals surface area contributed by atoms with E-state index in [0.717, 1.165) is 44.9 Å². The fourth-order valence-corrected chi connectivity index (χ4v) is 11.0. The first-order chi connectivity index (χ1) is 38.5. The molecule has 0 radical (unpaired) electrons. The number of allylic oxidation sites excluding steroid dienone is 5. The van der Waals surface area contributed by atoms with Crippen LogP contribution in [0.1, 0.15) is 386 Å². The number of carbonyl (C=O) groups is 2. The van der Waals surface area contributed by atoms with E-state index >= 15 is 0 Å². The Kier molecular flexibility index (Phi) is 65.9. The van der Waals surface area contributed by atoms with Gasteiger partial charge in [0.25, 0.3) is 0 Å². The number of hydrogen-bond donors (Lipinski definition) is 3. The van der Waals surface area contributed by atoms with Crippen LogP contribution < -0.4 is 5.32 Å². The van der Waals surface area contributed by atoms with Crippen LogP contribution in [0, 0.1) is 0 Å². The summed E-state index contributed by atoms with van der Waals surface area (Å²) in [6.07, 6.45) is 86.8. The summed E-state index contributed by atoms with van der Waals surface area (Å²) in [5.41, 5.74) is 0. The molecular formula is C72H137NO5. The molecule has 0 rings (SSSR count). The van der Waals surface area contributed by atoms with E-state index in [-0.39, 0.29) is 18.5 Å². The van der Waals surface area contributed by atoms with Crippen molar-refractivity contribution < 1.29 is 24.5 Å². The Hall–Kier alpha value is -1.92. The first-order valence-corrected chi connectivity index (χ1v) is 35.3. The monoisotopic (exact) mass is 1100 g/mol. The van der Waals surface area contributed by atoms with Gasteiger partial charge >= 0.3 is 5.97 Å². The van der Waals surface area contributed by atoms with Crippen molar-refractivity contribution >= 4 is 11.9 Å². The lowest BCUT2D eigenvalue weighted by Crippen LogP contribution is -2.45. The lowest BCUT2D eigenvalue weighted by atomic mass is 10.0. The van der Waals surface area contributed by atoms with Crippen LogP contribution in [0.15, 0.2) is 36.5 Å². The minimum Gasteiger partial charge on any atom is -0.466 e. The Morgan fingerprint density at radius 3 is 0.974 bits per heavy atom. The van der Waals surface area contributed by atoms with E-state index in [1.54, 1.807) is 6.08 Å². The number of carbonyl (C=O) groups excluding carboxylic acids is 2. The number of esters is 1. The number of unbranched alkanes of at least 4 members (excludes halogenated alkanes) is 51. The molecule has 78 heavy (non-hydrogen) atoms. The predicted octanol–water partition coefficient (Wildman–Crippen LogP) is 22.7. The maximum atomic E-state index is 12.4. The SMILES string of the molecule is CCCCCCCCCCC/C=C/C(O)C(CO)NC(=O)CCCCCCCCCCCCCCCCCCC/C=C\C/C=C\CCCCCCCCCCCCCCCCCOC(=O)CCCCCCCCCCCCC. The van der Waals surface area contributed by atoms with Crippen LogP contribution in [0.2, 0.25) is 0 Å². The lowest BCUT2D eigenvalue weighted by molar-refractivity contribution is -0.143. The molecule has 0 aliphatic heterocycles. The molecule has 0 saturated carbocycles. The molecule has 460 valence electrons. The van der Waals surface area contributed by atoms with Crippen molar-refractivity contribution in [2.45, 2.75) is 398 Å². The molecular weight excluding hydrogens is 959 g/mol. The first-order valence-electron chi connectivity index (χ1n) is 35.3. The van der Waals surface area contributed by atoms with Gasteiger partial charge in [-0.25, -0.2) is 0 Å². The van der Waals surface area contributed by atoms with Crippen LogP contribution in [-0.2, 0) is 14.3 Å². The highest BCUT2D eigenvalue weighted by Gasteiger charge is 2.18. The number of rotatable bonds is 66. The maximum Gasteiger partial charge on any atom is 0.305 e. The Bertz CT molecular complexity index is 1260. The molecule has 0 spiro atoms. The highest BCUT2D eigenvalue weighted by Crippen LogP contribution is 2.18. The van der Waals surface area contributed by atoms with Crippen LogP contribution in [-0.4, -0.2) is 47.4 Å². The van der Waals surface area contributed by atoms with Gasteiger partial charge in [-0.05, 0) is 64.2 Å². The van der Waals surface area contributed by atoms with Gasteiger partial charge in [0.2, 0.25) is 5.91 Å². The Labute approximate surface area is 487 Å². The lowest BCUT2D eigenvalue weighted by Gasteiger charge is -2.20. The van der Waals surface area contributed by atoms with Gasteiger partial charge in [0.05, 0.1) is 25.4 Å². The number of ether oxygens (including phenoxy) is 1. The van der Waals surface area contributed by atoms with Crippen molar-refractivity contribution in [1.82, 2.24) is 5.32 Å². The molecule has 6 nitrogen and oxygen atoms in total. The highest BCUT2D eigenvalue weighted by molar-refractivity contribution is 5.76. The largest absolute Gasteiger partial charge is 0.466 e. The molecule has 0 heterocycles. The van der Waals surface area contributed by atoms with E-state index in [9.17, 15) is 19.8 Å². The standard InChI is InChI=1S/C72H137NO5/c1-3-5-7-9-11-13-44-48-52-56-60-64-70(75)69(68-74)73-71(76)65-61-57-53-49-46-42-40-38-36-34-32-30-28-26-24-22-20-18-16-15-17-19-21-23-25-27-29-31-33-35-37-39-41-43-47-51-55-59-63-67-78-72(77)66-62-58-54-50-45-14-12-10-8-6-4-2/h15-16,19,21,60,64,69-70,74-75H,3-14,17-18,20,22-59,61-63,65-68H2,1-2H3,(H,73,76)/b16-15-,21-19-,64-60+. The third-order valence-electron chi connectivity index (χ3n) is 16.4. The predicted molar refractivity (Wildman–Crippen MR) is 343 cm³/mol. The summed E-state index contributed by atoms with van der Waals surface area (Å²) in [4.78, 5) is 24.4. The van der Waals surface area contributed by atoms with Crippen molar-refractivity contribution in [3.8, 4) is 0 Å². The fourth-order valence-electron chi connectivity index (χ4n) is 11.0. The van der Waals surface area contributed by atoms with Gasteiger partial charge in [0, 0.05) is 12.8 Å². The molecule has 6 heteroatoms. The van der Waals surface area contributed by atoms with Gasteiger partial charge in [-0.1, -0.05) is 346 Å². The Morgan fingerprint density at radius 2 is 0.641 bits per heavy atom. The summed E-state index contributed by atoms with van der Waals surface area (Å²) in [6.45, 7) is 4.91. The Balaban J connectivity index is 3.34. The molecule has 0 bridgehead atoms. The molecule has 3 N–H and O–H groups in total. The van der Waals surface area contributed by atoms with Crippen LogP contribution in [0.5, 0.6) is 0 Å². The van der Waals surface area contributed by atoms with E-state index in [1.165, 1.54) is 315 Å². The number of amides is 1. The fraction of sp³-hybridized carbons (Fsp3) is 0.889. The Morgan fingerprint density at radius 1 is 0.359 bits per heavy atom. The second-order valence-electron chi connectivity index (χ2n) is 24.2. The first kappa shape index (κ1) is 76.1. The minimum atomic E-state index is -0.840. The highest BCUT2D eigenvalue weighted by atomic mass is 16.5. The normalized spacial score (nSPS) is 12.7. The van der Waals surface area contributed by atoms with E-state index in [2.05, 4.69) is 43.5 Å². The smallest absolute Gasteiger partial charge is 0.305 e. The van der Waals surface area contributed by atoms with Crippen molar-refractivity contribution in [3.63, 3.8) is 0 Å². The van der Waals surface area contributed by atoms with Gasteiger partial charge in [-0.3, -0.25) is 9.59 Å². The molecule has 0 aliphatic rings. The molecule has 0 aromatic carbocycles. The molecule has 2 atom stereocenters. The molecule has 0 saturated heterocycles. The number of hydrogen-bond acceptors (Lipinski definition) is 5. The number of aliphatic hydroxyl groups is 2. The summed E-state index contributed by atoms with van der Waals surface area (Å²) in [5.74, 6) is -0.0448. The molecule has 1 amide bonds. The van der Waals surface area contributed by atoms with E-state index < -0.39 is 12.1 Å². The average molecular weight is 1100 g/mol. The van der Waals surface area contributed by atoms with Crippen molar-refractivity contribution in [2.24, 2.45) is 0 Å². The number of aliphatic hydroxyl groups excluding tert-OH is 2. The van der Waals surface area contributed by atoms with Crippen molar-refractivity contribution in [3.05, 3.63) is 36.5 Å². The van der Waals surface area contributed by atoms with Gasteiger partial charge < -0.3 is 20.3 Å². The zero-order chi connectivity index (χ0) is 56.4. The molecule has 0 fully saturated rings. The summed E-state index contributed by atoms with van der Waals surface area (Å²) >= 11 is 0. The second-order valence-corrected chi connectivity index (χ2v) is 24.2. The molecule has 0 aromatic heterocycles. The average Bonchev–Trinajstić information content (AvgIpc) is 3.44. The van der Waals surface area contributed by atoms with Crippen LogP contribution in [0.4, 0.5) is 0 Å². The quantitative estimate of drug-likeness (QED) is 0.0320. The van der Waals surface area contributed by atoms with E-state index in [0.29, 0.717) is 19.4 Å². The number of nitrogens with one attached hydrogen (secondary N) is 1. The third kappa shape index (κ3) is 63.3. The van der Waals surface area contributed by atoms with Gasteiger partial charge in [-0.2, -0.15) is 0 Å². The minimum absolute atomic E-state index is 0.0200. The maximum absolute atomic E-state index is 12.4. The van der Waals surface area contributed by atoms with Crippen LogP contribution in [0.3, 0.4) is 0 Å². The van der Waals surface area contributed by atoms with Crippen molar-refractivity contribution in [2.75, 3.05) is 13.2 Å². The summed E-state index contributed by atoms with van der Waals surface area (Å²) in [7, 11) is 0. The molecule has 2 unspecified atom stereocenters.